The number of hydrogen-bond acceptors (Lipinski definition) is 6. The number of hydrogen-bond donors (Lipinski definition) is 1. The van der Waals surface area contributed by atoms with Crippen LogP contribution in [0.25, 0.3) is 0 Å². The zero-order valence-corrected chi connectivity index (χ0v) is 16.6. The molecule has 0 radical (unpaired) electrons. The third kappa shape index (κ3) is 5.45. The lowest BCUT2D eigenvalue weighted by Gasteiger charge is -2.13. The SMILES string of the molecule is COc1cc(/C=N/Nc2ccc([N+](=O)[O-])cc2)cc(Cl)c1OCc1ccc(F)cc1. The highest BCUT2D eigenvalue weighted by Gasteiger charge is 2.12. The van der Waals surface area contributed by atoms with Crippen molar-refractivity contribution < 1.29 is 18.8 Å². The van der Waals surface area contributed by atoms with Crippen LogP contribution >= 0.6 is 11.6 Å². The number of nitro benzene ring substituents is 1. The van der Waals surface area contributed by atoms with Crippen LogP contribution < -0.4 is 14.9 Å². The smallest absolute Gasteiger partial charge is 0.269 e. The summed E-state index contributed by atoms with van der Waals surface area (Å²) in [4.78, 5) is 10.2. The number of hydrazone groups is 1. The molecular weight excluding hydrogens is 413 g/mol. The molecule has 1 N–H and O–H groups in total. The van der Waals surface area contributed by atoms with Crippen molar-refractivity contribution in [2.75, 3.05) is 12.5 Å². The molecule has 0 bridgehead atoms. The van der Waals surface area contributed by atoms with Crippen molar-refractivity contribution >= 4 is 29.2 Å². The Hall–Kier alpha value is -3.65. The highest BCUT2D eigenvalue weighted by molar-refractivity contribution is 6.32. The number of halogens is 2. The molecule has 0 spiro atoms. The normalized spacial score (nSPS) is 10.8. The Morgan fingerprint density at radius 2 is 1.87 bits per heavy atom. The van der Waals surface area contributed by atoms with Gasteiger partial charge in [0.2, 0.25) is 0 Å². The molecular formula is C21H17ClFN3O4. The van der Waals surface area contributed by atoms with Crippen LogP contribution in [0.15, 0.2) is 65.8 Å². The Bertz CT molecular complexity index is 1060. The Kier molecular flexibility index (Phi) is 6.82. The van der Waals surface area contributed by atoms with E-state index in [0.717, 1.165) is 5.56 Å². The first-order valence-electron chi connectivity index (χ1n) is 8.74. The van der Waals surface area contributed by atoms with Gasteiger partial charge in [0.25, 0.3) is 5.69 Å². The maximum Gasteiger partial charge on any atom is 0.269 e. The fourth-order valence-electron chi connectivity index (χ4n) is 2.53. The summed E-state index contributed by atoms with van der Waals surface area (Å²) in [6.45, 7) is 0.200. The molecule has 0 aromatic heterocycles. The summed E-state index contributed by atoms with van der Waals surface area (Å²) < 4.78 is 24.1. The van der Waals surface area contributed by atoms with E-state index < -0.39 is 4.92 Å². The highest BCUT2D eigenvalue weighted by atomic mass is 35.5. The van der Waals surface area contributed by atoms with Crippen LogP contribution in [0.5, 0.6) is 11.5 Å². The van der Waals surface area contributed by atoms with Gasteiger partial charge in [0, 0.05) is 12.1 Å². The van der Waals surface area contributed by atoms with Crippen molar-refractivity contribution in [3.05, 3.63) is 92.7 Å². The molecule has 0 saturated carbocycles. The lowest BCUT2D eigenvalue weighted by atomic mass is 10.2. The predicted molar refractivity (Wildman–Crippen MR) is 113 cm³/mol. The molecule has 0 saturated heterocycles. The highest BCUT2D eigenvalue weighted by Crippen LogP contribution is 2.36. The fourth-order valence-corrected chi connectivity index (χ4v) is 2.80. The first-order chi connectivity index (χ1) is 14.5. The average molecular weight is 430 g/mol. The van der Waals surface area contributed by atoms with E-state index in [1.165, 1.54) is 37.6 Å². The van der Waals surface area contributed by atoms with E-state index >= 15 is 0 Å². The van der Waals surface area contributed by atoms with Gasteiger partial charge in [-0.2, -0.15) is 5.10 Å². The second-order valence-electron chi connectivity index (χ2n) is 6.12. The monoisotopic (exact) mass is 429 g/mol. The second kappa shape index (κ2) is 9.71. The van der Waals surface area contributed by atoms with Gasteiger partial charge < -0.3 is 9.47 Å². The zero-order valence-electron chi connectivity index (χ0n) is 15.8. The van der Waals surface area contributed by atoms with Crippen LogP contribution in [0.2, 0.25) is 5.02 Å². The third-order valence-electron chi connectivity index (χ3n) is 4.03. The molecule has 154 valence electrons. The molecule has 0 unspecified atom stereocenters. The molecule has 30 heavy (non-hydrogen) atoms. The van der Waals surface area contributed by atoms with E-state index in [1.807, 2.05) is 0 Å². The van der Waals surface area contributed by atoms with Crippen molar-refractivity contribution in [2.24, 2.45) is 5.10 Å². The fraction of sp³-hybridized carbons (Fsp3) is 0.0952. The summed E-state index contributed by atoms with van der Waals surface area (Å²) in [5.41, 5.74) is 4.81. The Labute approximate surface area is 176 Å². The van der Waals surface area contributed by atoms with Gasteiger partial charge in [0.05, 0.1) is 29.0 Å². The van der Waals surface area contributed by atoms with Gasteiger partial charge in [0.1, 0.15) is 12.4 Å². The lowest BCUT2D eigenvalue weighted by Crippen LogP contribution is -2.00. The van der Waals surface area contributed by atoms with Crippen molar-refractivity contribution in [3.63, 3.8) is 0 Å². The third-order valence-corrected chi connectivity index (χ3v) is 4.31. The molecule has 3 rings (SSSR count). The summed E-state index contributed by atoms with van der Waals surface area (Å²) in [7, 11) is 1.49. The molecule has 0 fully saturated rings. The number of rotatable bonds is 8. The van der Waals surface area contributed by atoms with E-state index in [0.29, 0.717) is 27.8 Å². The van der Waals surface area contributed by atoms with E-state index in [2.05, 4.69) is 10.5 Å². The van der Waals surface area contributed by atoms with E-state index in [-0.39, 0.29) is 18.1 Å². The van der Waals surface area contributed by atoms with Gasteiger partial charge in [-0.05, 0) is 47.5 Å². The van der Waals surface area contributed by atoms with Crippen molar-refractivity contribution in [1.29, 1.82) is 0 Å². The number of non-ortho nitro benzene ring substituents is 1. The lowest BCUT2D eigenvalue weighted by molar-refractivity contribution is -0.384. The molecule has 0 aliphatic carbocycles. The minimum atomic E-state index is -0.471. The maximum absolute atomic E-state index is 13.0. The summed E-state index contributed by atoms with van der Waals surface area (Å²) in [6, 6.07) is 15.2. The Morgan fingerprint density at radius 1 is 1.17 bits per heavy atom. The first kappa shape index (κ1) is 21.1. The van der Waals surface area contributed by atoms with Gasteiger partial charge in [-0.15, -0.1) is 0 Å². The van der Waals surface area contributed by atoms with Crippen molar-refractivity contribution in [1.82, 2.24) is 0 Å². The number of anilines is 1. The molecule has 9 heteroatoms. The molecule has 7 nitrogen and oxygen atoms in total. The molecule has 0 aliphatic rings. The van der Waals surface area contributed by atoms with Crippen LogP contribution in [0, 0.1) is 15.9 Å². The van der Waals surface area contributed by atoms with E-state index in [4.69, 9.17) is 21.1 Å². The minimum absolute atomic E-state index is 0.00252. The average Bonchev–Trinajstić information content (AvgIpc) is 2.74. The summed E-state index contributed by atoms with van der Waals surface area (Å²) in [5, 5.41) is 15.1. The first-order valence-corrected chi connectivity index (χ1v) is 9.12. The van der Waals surface area contributed by atoms with Crippen molar-refractivity contribution in [2.45, 2.75) is 6.61 Å². The number of nitrogens with one attached hydrogen (secondary N) is 1. The largest absolute Gasteiger partial charge is 0.493 e. The minimum Gasteiger partial charge on any atom is -0.493 e. The number of nitro groups is 1. The van der Waals surface area contributed by atoms with Gasteiger partial charge in [-0.1, -0.05) is 23.7 Å². The van der Waals surface area contributed by atoms with Crippen LogP contribution in [0.3, 0.4) is 0 Å². The van der Waals surface area contributed by atoms with Gasteiger partial charge in [-0.25, -0.2) is 4.39 Å². The summed E-state index contributed by atoms with van der Waals surface area (Å²) in [5.74, 6) is 0.464. The zero-order chi connectivity index (χ0) is 21.5. The Balaban J connectivity index is 1.68. The van der Waals surface area contributed by atoms with Crippen LogP contribution in [-0.2, 0) is 6.61 Å². The predicted octanol–water partition coefficient (Wildman–Crippen LogP) is 5.42. The van der Waals surface area contributed by atoms with Crippen LogP contribution in [-0.4, -0.2) is 18.2 Å². The number of nitrogens with zero attached hydrogens (tertiary/aromatic N) is 2. The number of benzene rings is 3. The summed E-state index contributed by atoms with van der Waals surface area (Å²) in [6.07, 6.45) is 1.53. The number of ether oxygens (including phenoxy) is 2. The standard InChI is InChI=1S/C21H17ClFN3O4/c1-29-20-11-15(12-24-25-17-6-8-18(9-7-17)26(27)28)10-19(22)21(20)30-13-14-2-4-16(23)5-3-14/h2-12,25H,13H2,1H3/b24-12+. The van der Waals surface area contributed by atoms with E-state index in [1.54, 1.807) is 36.4 Å². The van der Waals surface area contributed by atoms with E-state index in [9.17, 15) is 14.5 Å². The van der Waals surface area contributed by atoms with Crippen LogP contribution in [0.4, 0.5) is 15.8 Å². The molecule has 3 aromatic carbocycles. The van der Waals surface area contributed by atoms with Gasteiger partial charge >= 0.3 is 0 Å². The summed E-state index contributed by atoms with van der Waals surface area (Å²) >= 11 is 6.34. The number of methoxy groups -OCH3 is 1. The molecule has 3 aromatic rings. The molecule has 0 aliphatic heterocycles. The van der Waals surface area contributed by atoms with Gasteiger partial charge in [0.15, 0.2) is 11.5 Å². The van der Waals surface area contributed by atoms with Gasteiger partial charge in [-0.3, -0.25) is 15.5 Å². The topological polar surface area (TPSA) is 86.0 Å². The Morgan fingerprint density at radius 3 is 2.50 bits per heavy atom. The maximum atomic E-state index is 13.0. The molecule has 0 atom stereocenters. The van der Waals surface area contributed by atoms with Crippen LogP contribution in [0.1, 0.15) is 11.1 Å². The van der Waals surface area contributed by atoms with Crippen molar-refractivity contribution in [3.8, 4) is 11.5 Å². The quantitative estimate of drug-likeness (QED) is 0.293. The molecule has 0 heterocycles. The molecule has 0 amide bonds. The second-order valence-corrected chi connectivity index (χ2v) is 6.53.